The number of hydrogen-bond acceptors (Lipinski definition) is 0. The molecule has 2 aliphatic carbocycles. The molecule has 8 atom stereocenters. The molecule has 0 saturated heterocycles. The zero-order chi connectivity index (χ0) is 16.3. The van der Waals surface area contributed by atoms with Crippen LogP contribution in [0.2, 0.25) is 0 Å². The van der Waals surface area contributed by atoms with Crippen LogP contribution in [0.1, 0.15) is 92.9 Å². The lowest BCUT2D eigenvalue weighted by Crippen LogP contribution is -2.53. The highest BCUT2D eigenvalue weighted by molar-refractivity contribution is 5.01. The monoisotopic (exact) mass is 306 g/mol. The van der Waals surface area contributed by atoms with Crippen molar-refractivity contribution in [3.8, 4) is 0 Å². The highest BCUT2D eigenvalue weighted by Crippen LogP contribution is 2.59. The van der Waals surface area contributed by atoms with E-state index < -0.39 is 0 Å². The van der Waals surface area contributed by atoms with Crippen molar-refractivity contribution >= 4 is 0 Å². The largest absolute Gasteiger partial charge is 0.0654 e. The smallest absolute Gasteiger partial charge is 0.0321 e. The van der Waals surface area contributed by atoms with Crippen LogP contribution in [0.5, 0.6) is 0 Å². The SMILES string of the molecule is CCCCCC1C(C)C2C(CC)C(C)CCCC(C)C(C)C12. The predicted octanol–water partition coefficient (Wildman–Crippen LogP) is 7.18. The highest BCUT2D eigenvalue weighted by atomic mass is 14.6. The molecule has 0 bridgehead atoms. The van der Waals surface area contributed by atoms with Crippen LogP contribution in [0, 0.1) is 47.3 Å². The first kappa shape index (κ1) is 18.3. The van der Waals surface area contributed by atoms with E-state index in [1.165, 1.54) is 51.4 Å². The zero-order valence-electron chi connectivity index (χ0n) is 16.3. The lowest BCUT2D eigenvalue weighted by Gasteiger charge is -2.58. The van der Waals surface area contributed by atoms with Crippen molar-refractivity contribution < 1.29 is 0 Å². The molecule has 0 heterocycles. The third-order valence-electron chi connectivity index (χ3n) is 7.88. The molecule has 0 heteroatoms. The fourth-order valence-corrected chi connectivity index (χ4v) is 6.30. The van der Waals surface area contributed by atoms with Crippen LogP contribution >= 0.6 is 0 Å². The van der Waals surface area contributed by atoms with Gasteiger partial charge in [-0.25, -0.2) is 0 Å². The average molecular weight is 307 g/mol. The molecule has 0 aromatic rings. The van der Waals surface area contributed by atoms with Crippen molar-refractivity contribution in [2.24, 2.45) is 47.3 Å². The highest BCUT2D eigenvalue weighted by Gasteiger charge is 2.53. The van der Waals surface area contributed by atoms with E-state index in [2.05, 4.69) is 41.5 Å². The van der Waals surface area contributed by atoms with E-state index in [0.717, 1.165) is 47.3 Å². The summed E-state index contributed by atoms with van der Waals surface area (Å²) >= 11 is 0. The maximum Gasteiger partial charge on any atom is -0.0321 e. The van der Waals surface area contributed by atoms with Crippen molar-refractivity contribution in [1.29, 1.82) is 0 Å². The van der Waals surface area contributed by atoms with Crippen LogP contribution in [0.25, 0.3) is 0 Å². The Bertz CT molecular complexity index is 320. The number of hydrogen-bond donors (Lipinski definition) is 0. The van der Waals surface area contributed by atoms with Crippen molar-refractivity contribution in [1.82, 2.24) is 0 Å². The molecule has 8 unspecified atom stereocenters. The summed E-state index contributed by atoms with van der Waals surface area (Å²) in [5.41, 5.74) is 0. The summed E-state index contributed by atoms with van der Waals surface area (Å²) in [5.74, 6) is 7.93. The third kappa shape index (κ3) is 3.57. The van der Waals surface area contributed by atoms with E-state index in [1.54, 1.807) is 0 Å². The summed E-state index contributed by atoms with van der Waals surface area (Å²) < 4.78 is 0. The Hall–Kier alpha value is 0. The van der Waals surface area contributed by atoms with Gasteiger partial charge in [0.15, 0.2) is 0 Å². The molecule has 0 amide bonds. The van der Waals surface area contributed by atoms with Gasteiger partial charge >= 0.3 is 0 Å². The molecule has 0 aliphatic heterocycles. The molecule has 2 saturated carbocycles. The van der Waals surface area contributed by atoms with E-state index in [4.69, 9.17) is 0 Å². The standard InChI is InChI=1S/C22H42/c1-7-9-10-14-20-18(6)22-19(8-2)16(4)13-11-12-15(3)17(5)21(20)22/h15-22H,7-14H2,1-6H3. The topological polar surface area (TPSA) is 0 Å². The number of unbranched alkanes of at least 4 members (excludes halogenated alkanes) is 2. The van der Waals surface area contributed by atoms with Crippen LogP contribution in [0.15, 0.2) is 0 Å². The maximum absolute atomic E-state index is 2.60. The first-order valence-electron chi connectivity index (χ1n) is 10.5. The lowest BCUT2D eigenvalue weighted by atomic mass is 9.47. The summed E-state index contributed by atoms with van der Waals surface area (Å²) in [4.78, 5) is 0. The van der Waals surface area contributed by atoms with Gasteiger partial charge < -0.3 is 0 Å². The van der Waals surface area contributed by atoms with E-state index in [0.29, 0.717) is 0 Å². The molecule has 0 spiro atoms. The van der Waals surface area contributed by atoms with Gasteiger partial charge in [0, 0.05) is 0 Å². The summed E-state index contributed by atoms with van der Waals surface area (Å²) in [7, 11) is 0. The summed E-state index contributed by atoms with van der Waals surface area (Å²) in [6.45, 7) is 15.1. The molecule has 0 aromatic heterocycles. The quantitative estimate of drug-likeness (QED) is 0.472. The average Bonchev–Trinajstić information content (AvgIpc) is 2.54. The Morgan fingerprint density at radius 2 is 1.36 bits per heavy atom. The van der Waals surface area contributed by atoms with Crippen molar-refractivity contribution in [2.75, 3.05) is 0 Å². The second-order valence-electron chi connectivity index (χ2n) is 8.99. The van der Waals surface area contributed by atoms with E-state index in [9.17, 15) is 0 Å². The van der Waals surface area contributed by atoms with Gasteiger partial charge in [0.2, 0.25) is 0 Å². The summed E-state index contributed by atoms with van der Waals surface area (Å²) in [6, 6.07) is 0. The maximum atomic E-state index is 2.60. The molecule has 2 rings (SSSR count). The summed E-state index contributed by atoms with van der Waals surface area (Å²) in [6.07, 6.45) is 11.6. The molecule has 130 valence electrons. The first-order chi connectivity index (χ1) is 10.5. The molecule has 0 nitrogen and oxygen atoms in total. The van der Waals surface area contributed by atoms with Gasteiger partial charge in [-0.1, -0.05) is 86.5 Å². The van der Waals surface area contributed by atoms with Crippen LogP contribution in [-0.2, 0) is 0 Å². The second-order valence-corrected chi connectivity index (χ2v) is 8.99. The zero-order valence-corrected chi connectivity index (χ0v) is 16.3. The molecule has 22 heavy (non-hydrogen) atoms. The lowest BCUT2D eigenvalue weighted by molar-refractivity contribution is -0.105. The normalized spacial score (nSPS) is 46.1. The van der Waals surface area contributed by atoms with Gasteiger partial charge in [-0.3, -0.25) is 0 Å². The van der Waals surface area contributed by atoms with Crippen LogP contribution in [0.4, 0.5) is 0 Å². The number of rotatable bonds is 5. The Labute approximate surface area is 140 Å². The minimum absolute atomic E-state index is 0.941. The molecule has 0 N–H and O–H groups in total. The molecule has 0 radical (unpaired) electrons. The molecule has 2 fully saturated rings. The minimum Gasteiger partial charge on any atom is -0.0654 e. The van der Waals surface area contributed by atoms with Gasteiger partial charge in [0.25, 0.3) is 0 Å². The predicted molar refractivity (Wildman–Crippen MR) is 98.9 cm³/mol. The third-order valence-corrected chi connectivity index (χ3v) is 7.88. The van der Waals surface area contributed by atoms with Crippen LogP contribution in [0.3, 0.4) is 0 Å². The Morgan fingerprint density at radius 3 is 2.00 bits per heavy atom. The summed E-state index contributed by atoms with van der Waals surface area (Å²) in [5, 5.41) is 0. The van der Waals surface area contributed by atoms with Crippen molar-refractivity contribution in [3.05, 3.63) is 0 Å². The van der Waals surface area contributed by atoms with Gasteiger partial charge in [-0.15, -0.1) is 0 Å². The van der Waals surface area contributed by atoms with Crippen molar-refractivity contribution in [2.45, 2.75) is 92.9 Å². The fraction of sp³-hybridized carbons (Fsp3) is 1.00. The van der Waals surface area contributed by atoms with Gasteiger partial charge in [-0.2, -0.15) is 0 Å². The van der Waals surface area contributed by atoms with Gasteiger partial charge in [-0.05, 0) is 53.8 Å². The Morgan fingerprint density at radius 1 is 0.727 bits per heavy atom. The van der Waals surface area contributed by atoms with Gasteiger partial charge in [0.1, 0.15) is 0 Å². The van der Waals surface area contributed by atoms with E-state index >= 15 is 0 Å². The van der Waals surface area contributed by atoms with E-state index in [1.807, 2.05) is 0 Å². The molecular formula is C22H42. The first-order valence-corrected chi connectivity index (χ1v) is 10.5. The second kappa shape index (κ2) is 8.20. The van der Waals surface area contributed by atoms with Gasteiger partial charge in [0.05, 0.1) is 0 Å². The van der Waals surface area contributed by atoms with Crippen LogP contribution < -0.4 is 0 Å². The number of fused-ring (bicyclic) bond motifs is 1. The Balaban J connectivity index is 2.15. The Kier molecular flexibility index (Phi) is 6.84. The van der Waals surface area contributed by atoms with Crippen molar-refractivity contribution in [3.63, 3.8) is 0 Å². The fourth-order valence-electron chi connectivity index (χ4n) is 6.30. The molecular weight excluding hydrogens is 264 g/mol. The molecule has 2 aliphatic rings. The molecule has 0 aromatic carbocycles. The minimum atomic E-state index is 0.941. The van der Waals surface area contributed by atoms with Crippen LogP contribution in [-0.4, -0.2) is 0 Å². The van der Waals surface area contributed by atoms with E-state index in [-0.39, 0.29) is 0 Å².